The van der Waals surface area contributed by atoms with E-state index >= 15 is 0 Å². The Bertz CT molecular complexity index is 2200. The molecule has 8 nitrogen and oxygen atoms in total. The molecule has 6 rings (SSSR count). The summed E-state index contributed by atoms with van der Waals surface area (Å²) in [5, 5.41) is 3.53. The first kappa shape index (κ1) is 49.5. The summed E-state index contributed by atoms with van der Waals surface area (Å²) in [6.07, 6.45) is 0. The van der Waals surface area contributed by atoms with E-state index in [0.29, 0.717) is 16.3 Å². The maximum atomic E-state index is 13.6. The summed E-state index contributed by atoms with van der Waals surface area (Å²) in [5.41, 5.74) is -0.767. The molecule has 1 heterocycles. The molecule has 5 aromatic rings. The molecular formula is C46H55ClF3N5O3S3. The third kappa shape index (κ3) is 14.7. The first-order valence-electron chi connectivity index (χ1n) is 20.2. The van der Waals surface area contributed by atoms with Gasteiger partial charge in [-0.3, -0.25) is 14.4 Å². The van der Waals surface area contributed by atoms with Crippen molar-refractivity contribution in [3.63, 3.8) is 0 Å². The summed E-state index contributed by atoms with van der Waals surface area (Å²) in [6, 6.07) is 36.5. The molecule has 0 saturated carbocycles. The number of nitrogens with one attached hydrogen (secondary N) is 2. The number of halogens is 4. The van der Waals surface area contributed by atoms with E-state index in [-0.39, 0.29) is 17.1 Å². The summed E-state index contributed by atoms with van der Waals surface area (Å²) < 4.78 is 68.5. The number of anilines is 2. The zero-order chi connectivity index (χ0) is 44.4. The van der Waals surface area contributed by atoms with Crippen LogP contribution in [0.2, 0.25) is 5.02 Å². The van der Waals surface area contributed by atoms with Crippen molar-refractivity contribution < 1.29 is 26.4 Å². The average molecular weight is 915 g/mol. The number of amides is 1. The lowest BCUT2D eigenvalue weighted by atomic mass is 9.99. The molecule has 2 N–H and O–H groups in total. The van der Waals surface area contributed by atoms with Crippen molar-refractivity contribution in [3.05, 3.63) is 137 Å². The summed E-state index contributed by atoms with van der Waals surface area (Å²) in [5.74, 6) is 0.0314. The van der Waals surface area contributed by atoms with Crippen LogP contribution in [0.15, 0.2) is 136 Å². The van der Waals surface area contributed by atoms with E-state index < -0.39 is 26.1 Å². The molecule has 15 heteroatoms. The molecule has 0 unspecified atom stereocenters. The minimum absolute atomic E-state index is 0.135. The van der Waals surface area contributed by atoms with E-state index in [1.54, 1.807) is 12.1 Å². The van der Waals surface area contributed by atoms with Gasteiger partial charge in [0.2, 0.25) is 0 Å². The van der Waals surface area contributed by atoms with E-state index in [0.717, 1.165) is 80.0 Å². The zero-order valence-electron chi connectivity index (χ0n) is 35.2. The molecule has 0 aromatic heterocycles. The summed E-state index contributed by atoms with van der Waals surface area (Å²) in [7, 11) is -3.56. The van der Waals surface area contributed by atoms with Crippen LogP contribution in [0.4, 0.5) is 24.5 Å². The van der Waals surface area contributed by atoms with Gasteiger partial charge in [-0.25, -0.2) is 8.42 Å². The van der Waals surface area contributed by atoms with E-state index in [1.165, 1.54) is 35.0 Å². The van der Waals surface area contributed by atoms with Crippen LogP contribution in [0.3, 0.4) is 0 Å². The zero-order valence-corrected chi connectivity index (χ0v) is 38.4. The fourth-order valence-electron chi connectivity index (χ4n) is 6.12. The molecule has 0 spiro atoms. The Morgan fingerprint density at radius 1 is 0.803 bits per heavy atom. The molecule has 5 aromatic carbocycles. The number of nitrogens with zero attached hydrogens (tertiary/aromatic N) is 3. The molecule has 1 aliphatic heterocycles. The predicted octanol–water partition coefficient (Wildman–Crippen LogP) is 11.2. The molecule has 1 amide bonds. The molecule has 0 aliphatic carbocycles. The Hall–Kier alpha value is -4.18. The quantitative estimate of drug-likeness (QED) is 0.0606. The molecule has 1 aliphatic rings. The Balaban J connectivity index is 0.000000942. The van der Waals surface area contributed by atoms with Crippen LogP contribution in [0.5, 0.6) is 0 Å². The number of hydrogen-bond acceptors (Lipinski definition) is 9. The van der Waals surface area contributed by atoms with E-state index in [1.807, 2.05) is 86.6 Å². The second-order valence-electron chi connectivity index (χ2n) is 13.7. The van der Waals surface area contributed by atoms with Crippen LogP contribution < -0.4 is 14.9 Å². The first-order valence-corrected chi connectivity index (χ1v) is 23.9. The van der Waals surface area contributed by atoms with Gasteiger partial charge in [0.15, 0.2) is 0 Å². The van der Waals surface area contributed by atoms with Gasteiger partial charge in [0.25, 0.3) is 15.7 Å². The Labute approximate surface area is 373 Å². The van der Waals surface area contributed by atoms with Gasteiger partial charge in [0.05, 0.1) is 5.69 Å². The van der Waals surface area contributed by atoms with Crippen molar-refractivity contribution in [2.75, 3.05) is 68.8 Å². The van der Waals surface area contributed by atoms with Crippen molar-refractivity contribution in [3.8, 4) is 11.1 Å². The van der Waals surface area contributed by atoms with Gasteiger partial charge in [-0.05, 0) is 116 Å². The highest BCUT2D eigenvalue weighted by atomic mass is 35.5. The van der Waals surface area contributed by atoms with Crippen molar-refractivity contribution in [2.45, 2.75) is 54.4 Å². The number of rotatable bonds is 15. The van der Waals surface area contributed by atoms with Crippen LogP contribution in [0, 0.1) is 0 Å². The van der Waals surface area contributed by atoms with Crippen LogP contribution in [-0.4, -0.2) is 88.2 Å². The van der Waals surface area contributed by atoms with Crippen LogP contribution in [0.25, 0.3) is 11.1 Å². The van der Waals surface area contributed by atoms with Gasteiger partial charge < -0.3 is 15.1 Å². The van der Waals surface area contributed by atoms with Gasteiger partial charge in [0.1, 0.15) is 4.90 Å². The molecule has 328 valence electrons. The van der Waals surface area contributed by atoms with E-state index in [2.05, 4.69) is 63.8 Å². The van der Waals surface area contributed by atoms with Crippen molar-refractivity contribution in [2.24, 2.45) is 0 Å². The molecule has 0 radical (unpaired) electrons. The van der Waals surface area contributed by atoms with Gasteiger partial charge in [0, 0.05) is 71.1 Å². The van der Waals surface area contributed by atoms with Crippen molar-refractivity contribution >= 4 is 62.4 Å². The van der Waals surface area contributed by atoms with E-state index in [4.69, 9.17) is 11.6 Å². The third-order valence-corrected chi connectivity index (χ3v) is 13.3. The average Bonchev–Trinajstić information content (AvgIpc) is 3.28. The number of thioether (sulfide) groups is 1. The maximum absolute atomic E-state index is 13.6. The first-order chi connectivity index (χ1) is 29.3. The fourth-order valence-corrected chi connectivity index (χ4v) is 8.71. The summed E-state index contributed by atoms with van der Waals surface area (Å²) in [6.45, 7) is 15.0. The van der Waals surface area contributed by atoms with Crippen LogP contribution in [-0.2, 0) is 16.4 Å². The number of sulfone groups is 1. The third-order valence-electron chi connectivity index (χ3n) is 9.75. The second-order valence-corrected chi connectivity index (χ2v) is 18.1. The number of alkyl halides is 3. The van der Waals surface area contributed by atoms with E-state index in [9.17, 15) is 26.4 Å². The lowest BCUT2D eigenvalue weighted by molar-refractivity contribution is -0.0435. The van der Waals surface area contributed by atoms with Crippen LogP contribution in [0.1, 0.15) is 43.6 Å². The predicted molar refractivity (Wildman–Crippen MR) is 250 cm³/mol. The van der Waals surface area contributed by atoms with Gasteiger partial charge >= 0.3 is 5.51 Å². The number of hydrogen-bond donors (Lipinski definition) is 2. The Morgan fingerprint density at radius 2 is 1.43 bits per heavy atom. The highest BCUT2D eigenvalue weighted by molar-refractivity contribution is 7.99. The Morgan fingerprint density at radius 3 is 2.03 bits per heavy atom. The monoisotopic (exact) mass is 913 g/mol. The fraction of sp³-hybridized carbons (Fsp3) is 0.326. The normalized spacial score (nSPS) is 13.1. The van der Waals surface area contributed by atoms with Crippen LogP contribution >= 0.6 is 35.3 Å². The molecule has 1 fully saturated rings. The minimum atomic E-state index is -5.67. The molecule has 1 saturated heterocycles. The maximum Gasteiger partial charge on any atom is 0.501 e. The van der Waals surface area contributed by atoms with Crippen molar-refractivity contribution in [1.29, 1.82) is 0 Å². The molecule has 0 atom stereocenters. The van der Waals surface area contributed by atoms with Gasteiger partial charge in [-0.1, -0.05) is 93.9 Å². The highest BCUT2D eigenvalue weighted by Gasteiger charge is 2.48. The standard InChI is InChI=1S/C39H36ClF3N4O3S3.C5H13N.C2H6/c40-31-14-10-28(11-15-31)35-9-5-4-6-30(35)27-46-21-23-47(24-22-46)32-16-12-29(13-17-32)38(48)45-52-34-18-19-36(37(26-34)53(49,50)39(41,42)43)44-20-25-51-33-7-2-1-3-8-33;1-4-6(3)5-2;1-2/h1-19,26,44H,20-25,27H2,(H,45,48);4-5H2,1-3H3;1-2H3. The molecular weight excluding hydrogens is 859 g/mol. The summed E-state index contributed by atoms with van der Waals surface area (Å²) >= 11 is 8.33. The highest BCUT2D eigenvalue weighted by Crippen LogP contribution is 2.37. The largest absolute Gasteiger partial charge is 0.501 e. The number of benzene rings is 5. The molecule has 0 bridgehead atoms. The lowest BCUT2D eigenvalue weighted by Crippen LogP contribution is -2.46. The Kier molecular flexibility index (Phi) is 19.8. The van der Waals surface area contributed by atoms with Gasteiger partial charge in [-0.15, -0.1) is 11.8 Å². The number of carbonyl (C=O) groups is 1. The summed E-state index contributed by atoms with van der Waals surface area (Å²) in [4.78, 5) is 20.1. The van der Waals surface area contributed by atoms with Gasteiger partial charge in [-0.2, -0.15) is 13.2 Å². The topological polar surface area (TPSA) is 85.0 Å². The second kappa shape index (κ2) is 24.5. The van der Waals surface area contributed by atoms with Crippen molar-refractivity contribution in [1.82, 2.24) is 14.5 Å². The number of carbonyl (C=O) groups excluding carboxylic acids is 1. The lowest BCUT2D eigenvalue weighted by Gasteiger charge is -2.36. The molecule has 61 heavy (non-hydrogen) atoms. The smallest absolute Gasteiger partial charge is 0.383 e. The number of piperazine rings is 1. The SMILES string of the molecule is CC.CCN(C)CC.O=C(NSc1ccc(NCCSc2ccccc2)c(S(=O)(=O)C(F)(F)F)c1)c1ccc(N2CCN(Cc3ccccc3-c3ccc(Cl)cc3)CC2)cc1. The minimum Gasteiger partial charge on any atom is -0.383 e.